The Hall–Kier alpha value is -10.4. The normalized spacial score (nSPS) is 15.5. The molecule has 12 atom stereocenters. The maximum absolute atomic E-state index is 14.8. The highest BCUT2D eigenvalue weighted by atomic mass is 16.3. The van der Waals surface area contributed by atoms with E-state index in [2.05, 4.69) is 77.8 Å². The zero-order valence-corrected chi connectivity index (χ0v) is 59.7. The Morgan fingerprint density at radius 3 is 0.885 bits per heavy atom. The summed E-state index contributed by atoms with van der Waals surface area (Å²) < 4.78 is 0. The standard InChI is InChI=1S/C60H118N32O12/c1-32(83-46(96)37(17-8-26-78-56(67)68)91-53(103)42-22-13-31-92(42)54(104)43(63)33(2)93)45(95)85-38(18-9-27-79-57(69)70)50(100)89-41(21-12-30-82-60(75)76)52(102)90-40(20-11-29-81-59(73)74)51(101)87-35(14-3-5-23-61)48(98)86-36(15-4-6-24-62)49(99)88-39(19-10-28-80-58(71)72)47(97)84-34(44(64)94)16-7-25-77-55(65)66/h32-43,93H,3-31,61-63H2,1-2H3,(H2,64,94)(H,83,96)(H,84,97)(H,85,95)(H,86,98)(H,87,101)(H,88,99)(H,89,100)(H,90,102)(H,91,103)(H4,65,66,77)(H4,67,68,78)(H4,69,70,79)(H4,71,72,80)(H4,73,74,81)(H4,75,76,82)/t32-,33+,34-,35-,36-,37-,38-,39-,40-,41-,42-,43-/m0/s1. The first kappa shape index (κ1) is 91.6. The summed E-state index contributed by atoms with van der Waals surface area (Å²) >= 11 is 0. The molecular weight excluding hydrogens is 1360 g/mol. The van der Waals surface area contributed by atoms with Crippen molar-refractivity contribution in [2.75, 3.05) is 58.9 Å². The van der Waals surface area contributed by atoms with Crippen molar-refractivity contribution in [3.05, 3.63) is 0 Å². The van der Waals surface area contributed by atoms with Gasteiger partial charge in [-0.25, -0.2) is 0 Å². The third-order valence-electron chi connectivity index (χ3n) is 16.1. The molecule has 0 bridgehead atoms. The lowest BCUT2D eigenvalue weighted by Gasteiger charge is -2.29. The molecule has 1 fully saturated rings. The van der Waals surface area contributed by atoms with Crippen LogP contribution in [0.25, 0.3) is 0 Å². The van der Waals surface area contributed by atoms with Gasteiger partial charge in [-0.1, -0.05) is 0 Å². The zero-order chi connectivity index (χ0) is 78.4. The molecule has 590 valence electrons. The van der Waals surface area contributed by atoms with E-state index < -0.39 is 138 Å². The molecule has 0 aromatic heterocycles. The van der Waals surface area contributed by atoms with E-state index >= 15 is 0 Å². The number of carbonyl (C=O) groups is 11. The van der Waals surface area contributed by atoms with Crippen LogP contribution in [-0.4, -0.2) is 242 Å². The van der Waals surface area contributed by atoms with E-state index in [0.29, 0.717) is 25.7 Å². The van der Waals surface area contributed by atoms with Gasteiger partial charge >= 0.3 is 0 Å². The summed E-state index contributed by atoms with van der Waals surface area (Å²) in [5.74, 6) is -10.9. The minimum Gasteiger partial charge on any atom is -0.391 e. The highest BCUT2D eigenvalue weighted by Crippen LogP contribution is 2.20. The number of nitrogens with one attached hydrogen (secondary N) is 9. The van der Waals surface area contributed by atoms with E-state index in [4.69, 9.17) is 91.7 Å². The number of nitrogens with zero attached hydrogens (tertiary/aromatic N) is 7. The largest absolute Gasteiger partial charge is 0.391 e. The summed E-state index contributed by atoms with van der Waals surface area (Å²) in [5, 5.41) is 33.8. The molecule has 1 heterocycles. The van der Waals surface area contributed by atoms with Crippen molar-refractivity contribution in [3.8, 4) is 0 Å². The fourth-order valence-corrected chi connectivity index (χ4v) is 10.5. The van der Waals surface area contributed by atoms with Gasteiger partial charge in [0.25, 0.3) is 0 Å². The highest BCUT2D eigenvalue weighted by molar-refractivity contribution is 5.99. The average molecular weight is 1480 g/mol. The van der Waals surface area contributed by atoms with E-state index in [0.717, 1.165) is 0 Å². The first-order valence-corrected chi connectivity index (χ1v) is 34.6. The van der Waals surface area contributed by atoms with E-state index in [1.165, 1.54) is 18.7 Å². The summed E-state index contributed by atoms with van der Waals surface area (Å²) in [4.78, 5) is 180. The van der Waals surface area contributed by atoms with Crippen molar-refractivity contribution in [1.82, 2.24) is 52.8 Å². The van der Waals surface area contributed by atoms with Crippen molar-refractivity contribution in [2.24, 2.45) is 122 Å². The fraction of sp³-hybridized carbons (Fsp3) is 0.717. The number of nitrogens with two attached hydrogens (primary N) is 16. The molecule has 0 saturated carbocycles. The number of aliphatic hydroxyl groups excluding tert-OH is 1. The van der Waals surface area contributed by atoms with Crippen LogP contribution in [0.15, 0.2) is 30.0 Å². The van der Waals surface area contributed by atoms with Crippen LogP contribution in [0.3, 0.4) is 0 Å². The van der Waals surface area contributed by atoms with Crippen LogP contribution < -0.4 is 140 Å². The summed E-state index contributed by atoms with van der Waals surface area (Å²) in [6.07, 6.45) is 0.657. The predicted molar refractivity (Wildman–Crippen MR) is 392 cm³/mol. The number of carbonyl (C=O) groups excluding carboxylic acids is 11. The van der Waals surface area contributed by atoms with Gasteiger partial charge in [0.05, 0.1) is 6.10 Å². The molecule has 44 heteroatoms. The van der Waals surface area contributed by atoms with Crippen LogP contribution in [0, 0.1) is 0 Å². The number of hydrogen-bond acceptors (Lipinski definition) is 21. The van der Waals surface area contributed by atoms with Gasteiger partial charge in [-0.3, -0.25) is 82.7 Å². The molecule has 1 rings (SSSR count). The van der Waals surface area contributed by atoms with Crippen LogP contribution in [0.4, 0.5) is 0 Å². The molecule has 0 aromatic rings. The van der Waals surface area contributed by atoms with Crippen LogP contribution in [0.2, 0.25) is 0 Å². The number of amides is 11. The smallest absolute Gasteiger partial charge is 0.243 e. The van der Waals surface area contributed by atoms with Crippen molar-refractivity contribution in [2.45, 2.75) is 215 Å². The Labute approximate surface area is 604 Å². The Morgan fingerprint density at radius 1 is 0.365 bits per heavy atom. The molecule has 1 aliphatic rings. The van der Waals surface area contributed by atoms with Crippen LogP contribution in [0.5, 0.6) is 0 Å². The molecule has 0 spiro atoms. The van der Waals surface area contributed by atoms with Crippen molar-refractivity contribution >= 4 is 101 Å². The average Bonchev–Trinajstić information content (AvgIpc) is 1.57. The number of guanidine groups is 6. The Morgan fingerprint density at radius 2 is 0.615 bits per heavy atom. The van der Waals surface area contributed by atoms with Gasteiger partial charge in [0.1, 0.15) is 66.5 Å². The number of aliphatic imine (C=N–C) groups is 6. The fourth-order valence-electron chi connectivity index (χ4n) is 10.5. The van der Waals surface area contributed by atoms with Crippen molar-refractivity contribution in [1.29, 1.82) is 0 Å². The van der Waals surface area contributed by atoms with Crippen molar-refractivity contribution in [3.63, 3.8) is 0 Å². The number of hydrogen-bond donors (Lipinski definition) is 26. The Kier molecular flexibility index (Phi) is 44.8. The predicted octanol–water partition coefficient (Wildman–Crippen LogP) is -11.9. The second-order valence-electron chi connectivity index (χ2n) is 24.8. The maximum Gasteiger partial charge on any atom is 0.243 e. The number of rotatable bonds is 53. The van der Waals surface area contributed by atoms with Gasteiger partial charge in [0, 0.05) is 45.8 Å². The zero-order valence-electron chi connectivity index (χ0n) is 59.7. The lowest BCUT2D eigenvalue weighted by molar-refractivity contribution is -0.142. The van der Waals surface area contributed by atoms with E-state index in [9.17, 15) is 57.8 Å². The third-order valence-corrected chi connectivity index (χ3v) is 16.1. The summed E-state index contributed by atoms with van der Waals surface area (Å²) in [6.45, 7) is 3.21. The minimum atomic E-state index is -1.53. The molecule has 104 heavy (non-hydrogen) atoms. The van der Waals surface area contributed by atoms with Gasteiger partial charge in [-0.05, 0) is 155 Å². The third kappa shape index (κ3) is 38.6. The van der Waals surface area contributed by atoms with Crippen LogP contribution in [-0.2, 0) is 52.7 Å². The van der Waals surface area contributed by atoms with E-state index in [-0.39, 0.29) is 197 Å². The van der Waals surface area contributed by atoms with Crippen LogP contribution >= 0.6 is 0 Å². The van der Waals surface area contributed by atoms with E-state index in [1.54, 1.807) is 0 Å². The topological polar surface area (TPSA) is 810 Å². The maximum atomic E-state index is 14.8. The molecule has 0 radical (unpaired) electrons. The molecule has 42 N–H and O–H groups in total. The first-order chi connectivity index (χ1) is 49.1. The summed E-state index contributed by atoms with van der Waals surface area (Å²) in [6, 6.07) is -15.0. The Bertz CT molecular complexity index is 2930. The lowest BCUT2D eigenvalue weighted by Crippen LogP contribution is -2.60. The van der Waals surface area contributed by atoms with Crippen molar-refractivity contribution < 1.29 is 57.8 Å². The summed E-state index contributed by atoms with van der Waals surface area (Å²) in [5.41, 5.74) is 89.7. The van der Waals surface area contributed by atoms with Gasteiger partial charge in [-0.2, -0.15) is 0 Å². The lowest BCUT2D eigenvalue weighted by atomic mass is 10.0. The number of unbranched alkanes of at least 4 members (excludes halogenated alkanes) is 2. The molecule has 0 unspecified atom stereocenters. The monoisotopic (exact) mass is 1480 g/mol. The van der Waals surface area contributed by atoms with Gasteiger partial charge in [0.2, 0.25) is 65.0 Å². The molecule has 0 aliphatic carbocycles. The summed E-state index contributed by atoms with van der Waals surface area (Å²) in [7, 11) is 0. The van der Waals surface area contributed by atoms with Gasteiger partial charge in [-0.15, -0.1) is 0 Å². The molecule has 44 nitrogen and oxygen atoms in total. The highest BCUT2D eigenvalue weighted by Gasteiger charge is 2.40. The van der Waals surface area contributed by atoms with Gasteiger partial charge < -0.3 is 150 Å². The Balaban J connectivity index is 3.83. The second-order valence-corrected chi connectivity index (χ2v) is 24.8. The number of primary amides is 1. The van der Waals surface area contributed by atoms with E-state index in [1.807, 2.05) is 0 Å². The quantitative estimate of drug-likeness (QED) is 0.0153. The first-order valence-electron chi connectivity index (χ1n) is 34.6. The van der Waals surface area contributed by atoms with Gasteiger partial charge in [0.15, 0.2) is 35.8 Å². The SMILES string of the molecule is C[C@H](NC(=O)[C@H](CCCN=C(N)N)NC(=O)[C@@H]1CCCN1C(=O)[C@@H](N)[C@@H](C)O)C(=O)N[C@@H](CCCN=C(N)N)C(=O)N[C@@H](CCCN=C(N)N)C(=O)N[C@@H](CCCN=C(N)N)C(=O)N[C@@H](CCCCN)C(=O)N[C@@H](CCCCN)C(=O)N[C@@H](CCCN=C(N)N)C(=O)N[C@@H](CCCN=C(N)N)C(N)=O. The number of aliphatic hydroxyl groups is 1. The van der Waals surface area contributed by atoms with Crippen LogP contribution in [0.1, 0.15) is 142 Å². The minimum absolute atomic E-state index is 0.0219. The molecule has 1 saturated heterocycles. The molecule has 0 aromatic carbocycles. The second kappa shape index (κ2) is 50.9. The number of likely N-dealkylation sites (tertiary alicyclic amines) is 1. The molecule has 11 amide bonds. The molecule has 1 aliphatic heterocycles. The molecular formula is C60H118N32O12.